The predicted molar refractivity (Wildman–Crippen MR) is 84.1 cm³/mol. The zero-order chi connectivity index (χ0) is 14.4. The maximum atomic E-state index is 11.8. The van der Waals surface area contributed by atoms with Crippen molar-refractivity contribution in [2.45, 2.75) is 19.8 Å². The number of amides is 1. The second-order valence-electron chi connectivity index (χ2n) is 4.28. The Kier molecular flexibility index (Phi) is 5.38. The van der Waals surface area contributed by atoms with Gasteiger partial charge in [0.05, 0.1) is 0 Å². The zero-order valence-corrected chi connectivity index (χ0v) is 12.7. The molecule has 0 aliphatic rings. The van der Waals surface area contributed by atoms with Crippen LogP contribution in [0.4, 0.5) is 10.8 Å². The van der Waals surface area contributed by atoms with Gasteiger partial charge in [-0.05, 0) is 24.6 Å². The molecule has 0 bridgehead atoms. The molecule has 2 rings (SSSR count). The van der Waals surface area contributed by atoms with E-state index in [9.17, 15) is 4.79 Å². The molecule has 0 saturated carbocycles. The van der Waals surface area contributed by atoms with Gasteiger partial charge in [0.15, 0.2) is 5.13 Å². The number of rotatable bonds is 6. The molecular formula is C14H16ClN3OS. The standard InChI is InChI=1S/C14H16ClN3OS/c1-2-3-7-16-13(19)12-9-20-14(18-12)17-11-6-4-5-10(15)8-11/h4-6,8-9H,2-3,7H2,1H3,(H,16,19)(H,17,18). The summed E-state index contributed by atoms with van der Waals surface area (Å²) in [7, 11) is 0. The Balaban J connectivity index is 1.96. The van der Waals surface area contributed by atoms with Crippen LogP contribution in [0.1, 0.15) is 30.3 Å². The lowest BCUT2D eigenvalue weighted by Gasteiger charge is -2.02. The number of nitrogens with one attached hydrogen (secondary N) is 2. The third-order valence-electron chi connectivity index (χ3n) is 2.63. The summed E-state index contributed by atoms with van der Waals surface area (Å²) in [5, 5.41) is 9.05. The summed E-state index contributed by atoms with van der Waals surface area (Å²) in [6, 6.07) is 7.37. The van der Waals surface area contributed by atoms with Crippen molar-refractivity contribution in [3.05, 3.63) is 40.4 Å². The van der Waals surface area contributed by atoms with E-state index in [1.54, 1.807) is 11.4 Å². The second-order valence-corrected chi connectivity index (χ2v) is 5.58. The van der Waals surface area contributed by atoms with Gasteiger partial charge < -0.3 is 10.6 Å². The monoisotopic (exact) mass is 309 g/mol. The second kappa shape index (κ2) is 7.26. The molecule has 0 spiro atoms. The molecule has 2 aromatic rings. The molecule has 0 fully saturated rings. The fourth-order valence-electron chi connectivity index (χ4n) is 1.59. The normalized spacial score (nSPS) is 10.3. The highest BCUT2D eigenvalue weighted by Crippen LogP contribution is 2.23. The Morgan fingerprint density at radius 2 is 2.30 bits per heavy atom. The first-order chi connectivity index (χ1) is 9.69. The highest BCUT2D eigenvalue weighted by atomic mass is 35.5. The number of aromatic nitrogens is 1. The summed E-state index contributed by atoms with van der Waals surface area (Å²) >= 11 is 7.31. The van der Waals surface area contributed by atoms with Gasteiger partial charge >= 0.3 is 0 Å². The van der Waals surface area contributed by atoms with Crippen molar-refractivity contribution in [3.8, 4) is 0 Å². The number of nitrogens with zero attached hydrogens (tertiary/aromatic N) is 1. The summed E-state index contributed by atoms with van der Waals surface area (Å²) in [5.41, 5.74) is 1.29. The quantitative estimate of drug-likeness (QED) is 0.791. The number of thiazole rings is 1. The van der Waals surface area contributed by atoms with E-state index in [0.717, 1.165) is 18.5 Å². The van der Waals surface area contributed by atoms with Gasteiger partial charge in [0, 0.05) is 22.6 Å². The van der Waals surface area contributed by atoms with Crippen molar-refractivity contribution in [2.75, 3.05) is 11.9 Å². The Morgan fingerprint density at radius 1 is 1.45 bits per heavy atom. The van der Waals surface area contributed by atoms with E-state index in [0.29, 0.717) is 22.4 Å². The average molecular weight is 310 g/mol. The van der Waals surface area contributed by atoms with Crippen molar-refractivity contribution in [2.24, 2.45) is 0 Å². The molecule has 2 N–H and O–H groups in total. The van der Waals surface area contributed by atoms with Gasteiger partial charge in [-0.15, -0.1) is 11.3 Å². The van der Waals surface area contributed by atoms with Crippen LogP contribution in [0.25, 0.3) is 0 Å². The molecular weight excluding hydrogens is 294 g/mol. The van der Waals surface area contributed by atoms with E-state index in [1.807, 2.05) is 18.2 Å². The molecule has 0 aliphatic heterocycles. The van der Waals surface area contributed by atoms with E-state index >= 15 is 0 Å². The summed E-state index contributed by atoms with van der Waals surface area (Å²) in [6.45, 7) is 2.77. The fourth-order valence-corrected chi connectivity index (χ4v) is 2.50. The van der Waals surface area contributed by atoms with Gasteiger partial charge in [0.25, 0.3) is 5.91 Å². The molecule has 0 aliphatic carbocycles. The predicted octanol–water partition coefficient (Wildman–Crippen LogP) is 4.07. The molecule has 1 aromatic carbocycles. The minimum Gasteiger partial charge on any atom is -0.351 e. The number of hydrogen-bond donors (Lipinski definition) is 2. The number of benzene rings is 1. The number of halogens is 1. The van der Waals surface area contributed by atoms with Gasteiger partial charge in [-0.1, -0.05) is 31.0 Å². The molecule has 4 nitrogen and oxygen atoms in total. The maximum absolute atomic E-state index is 11.8. The lowest BCUT2D eigenvalue weighted by Crippen LogP contribution is -2.24. The molecule has 1 heterocycles. The average Bonchev–Trinajstić information content (AvgIpc) is 2.87. The lowest BCUT2D eigenvalue weighted by atomic mass is 10.3. The lowest BCUT2D eigenvalue weighted by molar-refractivity contribution is 0.0949. The Labute approximate surface area is 127 Å². The van der Waals surface area contributed by atoms with Crippen LogP contribution in [-0.4, -0.2) is 17.4 Å². The van der Waals surface area contributed by atoms with Crippen LogP contribution in [0.5, 0.6) is 0 Å². The van der Waals surface area contributed by atoms with Crippen LogP contribution in [0.3, 0.4) is 0 Å². The molecule has 20 heavy (non-hydrogen) atoms. The van der Waals surface area contributed by atoms with Crippen molar-refractivity contribution >= 4 is 39.7 Å². The summed E-state index contributed by atoms with van der Waals surface area (Å²) < 4.78 is 0. The summed E-state index contributed by atoms with van der Waals surface area (Å²) in [4.78, 5) is 16.1. The van der Waals surface area contributed by atoms with E-state index in [-0.39, 0.29) is 5.91 Å². The first-order valence-corrected chi connectivity index (χ1v) is 7.71. The Hall–Kier alpha value is -1.59. The molecule has 106 valence electrons. The Morgan fingerprint density at radius 3 is 3.05 bits per heavy atom. The topological polar surface area (TPSA) is 54.0 Å². The number of anilines is 2. The third kappa shape index (κ3) is 4.21. The smallest absolute Gasteiger partial charge is 0.270 e. The molecule has 1 aromatic heterocycles. The summed E-state index contributed by atoms with van der Waals surface area (Å²) in [6.07, 6.45) is 2.03. The first kappa shape index (κ1) is 14.8. The van der Waals surface area contributed by atoms with Crippen LogP contribution >= 0.6 is 22.9 Å². The van der Waals surface area contributed by atoms with Crippen LogP contribution < -0.4 is 10.6 Å². The number of unbranched alkanes of at least 4 members (excludes halogenated alkanes) is 1. The molecule has 0 radical (unpaired) electrons. The van der Waals surface area contributed by atoms with Gasteiger partial charge in [0.1, 0.15) is 5.69 Å². The molecule has 0 atom stereocenters. The molecule has 1 amide bonds. The van der Waals surface area contributed by atoms with Gasteiger partial charge in [-0.2, -0.15) is 0 Å². The van der Waals surface area contributed by atoms with Crippen LogP contribution in [0.2, 0.25) is 5.02 Å². The van der Waals surface area contributed by atoms with E-state index < -0.39 is 0 Å². The van der Waals surface area contributed by atoms with Gasteiger partial charge in [-0.3, -0.25) is 4.79 Å². The van der Waals surface area contributed by atoms with Crippen molar-refractivity contribution in [1.29, 1.82) is 0 Å². The van der Waals surface area contributed by atoms with Gasteiger partial charge in [0.2, 0.25) is 0 Å². The summed E-state index contributed by atoms with van der Waals surface area (Å²) in [5.74, 6) is -0.131. The SMILES string of the molecule is CCCCNC(=O)c1csc(Nc2cccc(Cl)c2)n1. The first-order valence-electron chi connectivity index (χ1n) is 6.45. The van der Waals surface area contributed by atoms with Crippen LogP contribution in [0, 0.1) is 0 Å². The van der Waals surface area contributed by atoms with Crippen LogP contribution in [0.15, 0.2) is 29.6 Å². The third-order valence-corrected chi connectivity index (χ3v) is 3.62. The number of carbonyl (C=O) groups excluding carboxylic acids is 1. The van der Waals surface area contributed by atoms with E-state index in [4.69, 9.17) is 11.6 Å². The highest BCUT2D eigenvalue weighted by molar-refractivity contribution is 7.14. The molecule has 0 saturated heterocycles. The van der Waals surface area contributed by atoms with Crippen molar-refractivity contribution in [1.82, 2.24) is 10.3 Å². The van der Waals surface area contributed by atoms with Crippen molar-refractivity contribution < 1.29 is 4.79 Å². The minimum atomic E-state index is -0.131. The van der Waals surface area contributed by atoms with E-state index in [2.05, 4.69) is 22.5 Å². The highest BCUT2D eigenvalue weighted by Gasteiger charge is 2.10. The number of hydrogen-bond acceptors (Lipinski definition) is 4. The molecule has 6 heteroatoms. The largest absolute Gasteiger partial charge is 0.351 e. The minimum absolute atomic E-state index is 0.131. The van der Waals surface area contributed by atoms with Crippen molar-refractivity contribution in [3.63, 3.8) is 0 Å². The fraction of sp³-hybridized carbons (Fsp3) is 0.286. The van der Waals surface area contributed by atoms with E-state index in [1.165, 1.54) is 11.3 Å². The Bertz CT molecular complexity index is 585. The van der Waals surface area contributed by atoms with Gasteiger partial charge in [-0.25, -0.2) is 4.98 Å². The van der Waals surface area contributed by atoms with Crippen LogP contribution in [-0.2, 0) is 0 Å². The number of carbonyl (C=O) groups is 1. The molecule has 0 unspecified atom stereocenters. The zero-order valence-electron chi connectivity index (χ0n) is 11.1. The maximum Gasteiger partial charge on any atom is 0.270 e.